The largest absolute Gasteiger partial charge is 0.465 e. The van der Waals surface area contributed by atoms with E-state index in [0.29, 0.717) is 5.56 Å². The second-order valence-electron chi connectivity index (χ2n) is 3.83. The summed E-state index contributed by atoms with van der Waals surface area (Å²) in [7, 11) is 1.39. The Morgan fingerprint density at radius 2 is 1.89 bits per heavy atom. The third-order valence-corrected chi connectivity index (χ3v) is 4.87. The fourth-order valence-electron chi connectivity index (χ4n) is 1.80. The summed E-state index contributed by atoms with van der Waals surface area (Å²) in [4.78, 5) is 12.6. The highest BCUT2D eigenvalue weighted by Crippen LogP contribution is 2.36. The first-order valence-corrected chi connectivity index (χ1v) is 7.13. The van der Waals surface area contributed by atoms with E-state index in [4.69, 9.17) is 0 Å². The van der Waals surface area contributed by atoms with Crippen molar-refractivity contribution in [2.75, 3.05) is 7.11 Å². The highest BCUT2D eigenvalue weighted by atomic mass is 32.1. The van der Waals surface area contributed by atoms with Crippen molar-refractivity contribution >= 4 is 38.0 Å². The molecule has 2 nitrogen and oxygen atoms in total. The smallest absolute Gasteiger partial charge is 0.337 e. The SMILES string of the molecule is COC(=O)c1ccc(-c2cc3sccc3s2)cc1. The molecule has 0 aliphatic heterocycles. The van der Waals surface area contributed by atoms with E-state index in [0.717, 1.165) is 5.56 Å². The molecule has 90 valence electrons. The summed E-state index contributed by atoms with van der Waals surface area (Å²) in [5, 5.41) is 2.10. The van der Waals surface area contributed by atoms with Crippen LogP contribution in [0, 0.1) is 0 Å². The van der Waals surface area contributed by atoms with Crippen LogP contribution in [0.1, 0.15) is 10.4 Å². The monoisotopic (exact) mass is 274 g/mol. The average molecular weight is 274 g/mol. The van der Waals surface area contributed by atoms with E-state index >= 15 is 0 Å². The minimum Gasteiger partial charge on any atom is -0.465 e. The van der Waals surface area contributed by atoms with Crippen LogP contribution in [-0.2, 0) is 4.74 Å². The molecule has 18 heavy (non-hydrogen) atoms. The minimum absolute atomic E-state index is 0.297. The molecule has 0 spiro atoms. The Morgan fingerprint density at radius 1 is 1.11 bits per heavy atom. The number of carbonyl (C=O) groups excluding carboxylic acids is 1. The molecule has 0 atom stereocenters. The van der Waals surface area contributed by atoms with Gasteiger partial charge in [0.2, 0.25) is 0 Å². The van der Waals surface area contributed by atoms with Gasteiger partial charge in [0, 0.05) is 14.3 Å². The minimum atomic E-state index is -0.297. The van der Waals surface area contributed by atoms with Gasteiger partial charge in [-0.2, -0.15) is 0 Å². The zero-order chi connectivity index (χ0) is 12.5. The predicted octanol–water partition coefficient (Wildman–Crippen LogP) is 4.42. The van der Waals surface area contributed by atoms with Crippen LogP contribution in [0.5, 0.6) is 0 Å². The Labute approximate surface area is 112 Å². The average Bonchev–Trinajstić information content (AvgIpc) is 2.99. The van der Waals surface area contributed by atoms with Gasteiger partial charge in [0.25, 0.3) is 0 Å². The third-order valence-electron chi connectivity index (χ3n) is 2.73. The predicted molar refractivity (Wildman–Crippen MR) is 76.5 cm³/mol. The Bertz CT molecular complexity index is 663. The van der Waals surface area contributed by atoms with Crippen molar-refractivity contribution in [2.45, 2.75) is 0 Å². The number of esters is 1. The normalized spacial score (nSPS) is 10.7. The molecule has 0 saturated carbocycles. The first kappa shape index (κ1) is 11.4. The molecule has 3 rings (SSSR count). The zero-order valence-corrected chi connectivity index (χ0v) is 11.3. The first-order chi connectivity index (χ1) is 8.78. The van der Waals surface area contributed by atoms with Crippen LogP contribution in [-0.4, -0.2) is 13.1 Å². The van der Waals surface area contributed by atoms with Gasteiger partial charge in [0.05, 0.1) is 12.7 Å². The summed E-state index contributed by atoms with van der Waals surface area (Å²) < 4.78 is 7.31. The number of carbonyl (C=O) groups is 1. The topological polar surface area (TPSA) is 26.3 Å². The number of fused-ring (bicyclic) bond motifs is 1. The second-order valence-corrected chi connectivity index (χ2v) is 5.86. The molecule has 2 heterocycles. The lowest BCUT2D eigenvalue weighted by molar-refractivity contribution is 0.0601. The number of thiophene rings is 2. The number of benzene rings is 1. The lowest BCUT2D eigenvalue weighted by Crippen LogP contribution is -2.00. The van der Waals surface area contributed by atoms with Crippen LogP contribution in [0.3, 0.4) is 0 Å². The number of ether oxygens (including phenoxy) is 1. The maximum atomic E-state index is 11.3. The Balaban J connectivity index is 1.97. The van der Waals surface area contributed by atoms with Gasteiger partial charge in [-0.15, -0.1) is 22.7 Å². The van der Waals surface area contributed by atoms with E-state index in [2.05, 4.69) is 22.2 Å². The van der Waals surface area contributed by atoms with Crippen molar-refractivity contribution in [1.29, 1.82) is 0 Å². The van der Waals surface area contributed by atoms with Gasteiger partial charge in [0.1, 0.15) is 0 Å². The Kier molecular flexibility index (Phi) is 2.89. The van der Waals surface area contributed by atoms with Crippen LogP contribution >= 0.6 is 22.7 Å². The first-order valence-electron chi connectivity index (χ1n) is 5.44. The van der Waals surface area contributed by atoms with Crippen LogP contribution in [0.15, 0.2) is 41.8 Å². The lowest BCUT2D eigenvalue weighted by atomic mass is 10.1. The fourth-order valence-corrected chi connectivity index (χ4v) is 3.91. The van der Waals surface area contributed by atoms with Gasteiger partial charge in [0.15, 0.2) is 0 Å². The Hall–Kier alpha value is -1.65. The van der Waals surface area contributed by atoms with E-state index in [1.807, 2.05) is 12.1 Å². The standard InChI is InChI=1S/C14H10O2S2/c1-16-14(15)10-4-2-9(3-5-10)12-8-13-11(18-12)6-7-17-13/h2-8H,1H3. The summed E-state index contributed by atoms with van der Waals surface area (Å²) in [5.41, 5.74) is 1.72. The highest BCUT2D eigenvalue weighted by molar-refractivity contribution is 7.28. The van der Waals surface area contributed by atoms with Crippen LogP contribution in [0.2, 0.25) is 0 Å². The molecule has 0 bridgehead atoms. The van der Waals surface area contributed by atoms with Gasteiger partial charge in [-0.05, 0) is 35.2 Å². The molecule has 0 unspecified atom stereocenters. The summed E-state index contributed by atoms with van der Waals surface area (Å²) in [6, 6.07) is 11.8. The maximum Gasteiger partial charge on any atom is 0.337 e. The molecule has 0 amide bonds. The third kappa shape index (κ3) is 1.94. The molecule has 0 N–H and O–H groups in total. The molecule has 0 radical (unpaired) electrons. The number of methoxy groups -OCH3 is 1. The molecular weight excluding hydrogens is 264 g/mol. The highest BCUT2D eigenvalue weighted by Gasteiger charge is 2.08. The van der Waals surface area contributed by atoms with Crippen molar-refractivity contribution in [3.63, 3.8) is 0 Å². The quantitative estimate of drug-likeness (QED) is 0.647. The van der Waals surface area contributed by atoms with Crippen LogP contribution in [0.4, 0.5) is 0 Å². The van der Waals surface area contributed by atoms with E-state index in [-0.39, 0.29) is 5.97 Å². The van der Waals surface area contributed by atoms with Crippen molar-refractivity contribution in [3.8, 4) is 10.4 Å². The molecule has 4 heteroatoms. The molecule has 2 aromatic heterocycles. The maximum absolute atomic E-state index is 11.3. The van der Waals surface area contributed by atoms with Crippen molar-refractivity contribution in [3.05, 3.63) is 47.3 Å². The molecular formula is C14H10O2S2. The van der Waals surface area contributed by atoms with E-state index in [9.17, 15) is 4.79 Å². The van der Waals surface area contributed by atoms with Crippen LogP contribution in [0.25, 0.3) is 19.8 Å². The van der Waals surface area contributed by atoms with Gasteiger partial charge in [-0.3, -0.25) is 0 Å². The van der Waals surface area contributed by atoms with E-state index < -0.39 is 0 Å². The lowest BCUT2D eigenvalue weighted by Gasteiger charge is -2.00. The fraction of sp³-hybridized carbons (Fsp3) is 0.0714. The summed E-state index contributed by atoms with van der Waals surface area (Å²) in [5.74, 6) is -0.297. The van der Waals surface area contributed by atoms with E-state index in [1.165, 1.54) is 21.4 Å². The van der Waals surface area contributed by atoms with Gasteiger partial charge < -0.3 is 4.74 Å². The Morgan fingerprint density at radius 3 is 2.56 bits per heavy atom. The second kappa shape index (κ2) is 4.55. The van der Waals surface area contributed by atoms with Gasteiger partial charge in [-0.25, -0.2) is 4.79 Å². The van der Waals surface area contributed by atoms with Gasteiger partial charge >= 0.3 is 5.97 Å². The summed E-state index contributed by atoms with van der Waals surface area (Å²) in [6.07, 6.45) is 0. The van der Waals surface area contributed by atoms with Crippen molar-refractivity contribution in [1.82, 2.24) is 0 Å². The summed E-state index contributed by atoms with van der Waals surface area (Å²) in [6.45, 7) is 0. The van der Waals surface area contributed by atoms with Crippen molar-refractivity contribution in [2.24, 2.45) is 0 Å². The zero-order valence-electron chi connectivity index (χ0n) is 9.67. The molecule has 0 aliphatic carbocycles. The number of rotatable bonds is 2. The molecule has 3 aromatic rings. The van der Waals surface area contributed by atoms with Gasteiger partial charge in [-0.1, -0.05) is 12.1 Å². The molecule has 0 fully saturated rings. The molecule has 0 aliphatic rings. The number of hydrogen-bond donors (Lipinski definition) is 0. The van der Waals surface area contributed by atoms with E-state index in [1.54, 1.807) is 34.8 Å². The summed E-state index contributed by atoms with van der Waals surface area (Å²) >= 11 is 3.52. The molecule has 0 saturated heterocycles. The van der Waals surface area contributed by atoms with Crippen LogP contribution < -0.4 is 0 Å². The number of hydrogen-bond acceptors (Lipinski definition) is 4. The molecule has 1 aromatic carbocycles. The van der Waals surface area contributed by atoms with Crippen molar-refractivity contribution < 1.29 is 9.53 Å².